The first-order chi connectivity index (χ1) is 5.54. The smallest absolute Gasteiger partial charge is 0.0246 e. The Morgan fingerprint density at radius 3 is 1.75 bits per heavy atom. The van der Waals surface area contributed by atoms with Crippen LogP contribution in [0.5, 0.6) is 0 Å². The van der Waals surface area contributed by atoms with E-state index in [9.17, 15) is 0 Å². The zero-order valence-electron chi connectivity index (χ0n) is 8.33. The zero-order chi connectivity index (χ0) is 9.72. The van der Waals surface area contributed by atoms with E-state index in [-0.39, 0.29) is 0 Å². The summed E-state index contributed by atoms with van der Waals surface area (Å²) in [5.74, 6) is 0. The lowest BCUT2D eigenvalue weighted by Gasteiger charge is -2.39. The fourth-order valence-electron chi connectivity index (χ4n) is 1.19. The van der Waals surface area contributed by atoms with Gasteiger partial charge >= 0.3 is 0 Å². The Bertz CT molecular complexity index is 137. The normalized spacial score (nSPS) is 15.3. The molecular weight excluding hydrogens is 186 g/mol. The molecule has 2 atom stereocenters. The summed E-state index contributed by atoms with van der Waals surface area (Å²) in [5, 5.41) is 0. The van der Waals surface area contributed by atoms with Crippen LogP contribution in [0.1, 0.15) is 40.5 Å². The molecule has 0 aromatic heterocycles. The molecule has 0 fully saturated rings. The van der Waals surface area contributed by atoms with Crippen molar-refractivity contribution in [2.24, 2.45) is 0 Å². The van der Waals surface area contributed by atoms with E-state index < -0.39 is 0 Å². The van der Waals surface area contributed by atoms with E-state index >= 15 is 0 Å². The van der Waals surface area contributed by atoms with Crippen molar-refractivity contribution in [3.63, 3.8) is 0 Å². The molecule has 0 aromatic carbocycles. The van der Waals surface area contributed by atoms with E-state index in [0.717, 1.165) is 12.8 Å². The molecule has 0 aromatic rings. The van der Waals surface area contributed by atoms with Crippen LogP contribution in [0.25, 0.3) is 0 Å². The lowest BCUT2D eigenvalue weighted by molar-refractivity contribution is 0.260. The molecule has 0 aliphatic carbocycles. The number of nitrogens with zero attached hydrogens (tertiary/aromatic N) is 1. The summed E-state index contributed by atoms with van der Waals surface area (Å²) in [5.41, 5.74) is 0. The lowest BCUT2D eigenvalue weighted by Crippen LogP contribution is -2.42. The van der Waals surface area contributed by atoms with Crippen LogP contribution < -0.4 is 0 Å². The third kappa shape index (κ3) is 3.23. The molecule has 0 saturated heterocycles. The Hall–Kier alpha value is 0.110. The highest BCUT2D eigenvalue weighted by molar-refractivity contribution is 8.00. The van der Waals surface area contributed by atoms with Crippen LogP contribution in [0.15, 0.2) is 0 Å². The molecule has 0 aliphatic rings. The van der Waals surface area contributed by atoms with Gasteiger partial charge in [-0.15, -0.1) is 0 Å². The second-order valence-corrected chi connectivity index (χ2v) is 4.22. The number of hydrogen-bond donors (Lipinski definition) is 0. The van der Waals surface area contributed by atoms with E-state index in [0.29, 0.717) is 16.4 Å². The van der Waals surface area contributed by atoms with Gasteiger partial charge < -0.3 is 29.7 Å². The quantitative estimate of drug-likeness (QED) is 0.512. The minimum absolute atomic E-state index is 0.477. The highest BCUT2D eigenvalue weighted by atomic mass is 32.1. The minimum atomic E-state index is 0.477. The SMILES string of the molecule is CCC(C)N(C(=S)[S-])C(C)CC. The summed E-state index contributed by atoms with van der Waals surface area (Å²) in [6.07, 6.45) is 2.20. The van der Waals surface area contributed by atoms with Crippen LogP contribution in [0.3, 0.4) is 0 Å². The van der Waals surface area contributed by atoms with Gasteiger partial charge in [-0.25, -0.2) is 0 Å². The Labute approximate surface area is 86.9 Å². The molecule has 0 bridgehead atoms. The Balaban J connectivity index is 4.32. The third-order valence-corrected chi connectivity index (χ3v) is 2.76. The van der Waals surface area contributed by atoms with Crippen LogP contribution >= 0.6 is 12.2 Å². The Morgan fingerprint density at radius 1 is 1.25 bits per heavy atom. The second-order valence-electron chi connectivity index (χ2n) is 3.19. The maximum Gasteiger partial charge on any atom is 0.0246 e. The Kier molecular flexibility index (Phi) is 5.76. The monoisotopic (exact) mass is 204 g/mol. The van der Waals surface area contributed by atoms with Crippen molar-refractivity contribution in [3.8, 4) is 0 Å². The van der Waals surface area contributed by atoms with E-state index in [1.165, 1.54) is 0 Å². The van der Waals surface area contributed by atoms with Crippen LogP contribution in [0.2, 0.25) is 0 Å². The molecule has 3 heteroatoms. The van der Waals surface area contributed by atoms with Gasteiger partial charge in [0.15, 0.2) is 0 Å². The predicted octanol–water partition coefficient (Wildman–Crippen LogP) is 2.72. The zero-order valence-corrected chi connectivity index (χ0v) is 9.97. The van der Waals surface area contributed by atoms with Crippen molar-refractivity contribution in [2.75, 3.05) is 0 Å². The van der Waals surface area contributed by atoms with Crippen molar-refractivity contribution in [1.29, 1.82) is 0 Å². The molecule has 12 heavy (non-hydrogen) atoms. The largest absolute Gasteiger partial charge is 0.411 e. The van der Waals surface area contributed by atoms with E-state index in [1.54, 1.807) is 0 Å². The topological polar surface area (TPSA) is 3.24 Å². The van der Waals surface area contributed by atoms with E-state index in [4.69, 9.17) is 24.8 Å². The molecule has 0 spiro atoms. The van der Waals surface area contributed by atoms with Gasteiger partial charge in [-0.05, 0) is 26.7 Å². The average Bonchev–Trinajstić information content (AvgIpc) is 2.03. The molecule has 0 rings (SSSR count). The second kappa shape index (κ2) is 5.70. The highest BCUT2D eigenvalue weighted by Gasteiger charge is 2.14. The van der Waals surface area contributed by atoms with Gasteiger partial charge in [-0.3, -0.25) is 0 Å². The molecule has 0 N–H and O–H groups in total. The van der Waals surface area contributed by atoms with Gasteiger partial charge in [0, 0.05) is 12.1 Å². The van der Waals surface area contributed by atoms with Crippen molar-refractivity contribution in [1.82, 2.24) is 4.90 Å². The minimum Gasteiger partial charge on any atom is -0.411 e. The molecular formula is C9H18NS2-. The molecule has 2 unspecified atom stereocenters. The van der Waals surface area contributed by atoms with Gasteiger partial charge in [-0.2, -0.15) is 0 Å². The molecule has 0 radical (unpaired) electrons. The first kappa shape index (κ1) is 12.1. The van der Waals surface area contributed by atoms with Crippen LogP contribution in [0, 0.1) is 0 Å². The van der Waals surface area contributed by atoms with Gasteiger partial charge in [0.25, 0.3) is 0 Å². The summed E-state index contributed by atoms with van der Waals surface area (Å²) < 4.78 is 0.610. The fraction of sp³-hybridized carbons (Fsp3) is 0.889. The maximum atomic E-state index is 5.04. The predicted molar refractivity (Wildman–Crippen MR) is 61.3 cm³/mol. The summed E-state index contributed by atoms with van der Waals surface area (Å²) in [7, 11) is 0. The summed E-state index contributed by atoms with van der Waals surface area (Å²) >= 11 is 10.1. The third-order valence-electron chi connectivity index (χ3n) is 2.34. The average molecular weight is 204 g/mol. The summed E-state index contributed by atoms with van der Waals surface area (Å²) in [6.45, 7) is 8.66. The fourth-order valence-corrected chi connectivity index (χ4v) is 1.91. The Morgan fingerprint density at radius 2 is 1.58 bits per heavy atom. The molecule has 72 valence electrons. The number of rotatable bonds is 4. The number of thiocarbonyl (C=S) groups is 1. The van der Waals surface area contributed by atoms with Crippen molar-refractivity contribution in [3.05, 3.63) is 0 Å². The first-order valence-corrected chi connectivity index (χ1v) is 5.35. The van der Waals surface area contributed by atoms with Crippen molar-refractivity contribution in [2.45, 2.75) is 52.6 Å². The van der Waals surface area contributed by atoms with Gasteiger partial charge in [0.05, 0.1) is 0 Å². The van der Waals surface area contributed by atoms with Crippen LogP contribution in [0.4, 0.5) is 0 Å². The number of hydrogen-bond acceptors (Lipinski definition) is 2. The molecule has 0 aliphatic heterocycles. The molecule has 0 amide bonds. The summed E-state index contributed by atoms with van der Waals surface area (Å²) in [4.78, 5) is 2.16. The lowest BCUT2D eigenvalue weighted by atomic mass is 10.1. The van der Waals surface area contributed by atoms with Gasteiger partial charge in [0.2, 0.25) is 0 Å². The van der Waals surface area contributed by atoms with Crippen molar-refractivity contribution >= 4 is 29.2 Å². The summed E-state index contributed by atoms with van der Waals surface area (Å²) in [6, 6.07) is 0.954. The first-order valence-electron chi connectivity index (χ1n) is 4.53. The highest BCUT2D eigenvalue weighted by Crippen LogP contribution is 2.12. The van der Waals surface area contributed by atoms with E-state index in [1.807, 2.05) is 0 Å². The molecule has 0 heterocycles. The van der Waals surface area contributed by atoms with Crippen LogP contribution in [-0.4, -0.2) is 21.3 Å². The van der Waals surface area contributed by atoms with Crippen molar-refractivity contribution < 1.29 is 0 Å². The maximum absolute atomic E-state index is 5.04. The van der Waals surface area contributed by atoms with E-state index in [2.05, 4.69) is 32.6 Å². The van der Waals surface area contributed by atoms with Gasteiger partial charge in [-0.1, -0.05) is 18.2 Å². The molecule has 0 saturated carbocycles. The van der Waals surface area contributed by atoms with Gasteiger partial charge in [0.1, 0.15) is 0 Å². The standard InChI is InChI=1S/C9H19NS2/c1-5-7(3)10(9(11)12)8(4)6-2/h7-8H,5-6H2,1-4H3,(H,11,12)/p-1. The van der Waals surface area contributed by atoms with Crippen LogP contribution in [-0.2, 0) is 12.6 Å². The molecule has 1 nitrogen and oxygen atoms in total.